The predicted molar refractivity (Wildman–Crippen MR) is 282 cm³/mol. The van der Waals surface area contributed by atoms with E-state index < -0.39 is 0 Å². The summed E-state index contributed by atoms with van der Waals surface area (Å²) >= 11 is 0. The Balaban J connectivity index is 1.10. The highest BCUT2D eigenvalue weighted by Crippen LogP contribution is 2.49. The van der Waals surface area contributed by atoms with Crippen LogP contribution in [0.15, 0.2) is 176 Å². The van der Waals surface area contributed by atoms with Crippen LogP contribution in [0.4, 0.5) is 34.5 Å². The smallest absolute Gasteiger partial charge is 0.262 e. The highest BCUT2D eigenvalue weighted by molar-refractivity contribution is 7.02. The number of hydrogen-bond donors (Lipinski definition) is 0. The molecule has 6 nitrogen and oxygen atoms in total. The molecule has 2 aliphatic rings. The Bertz CT molecular complexity index is 3570. The fraction of sp³-hybridized carbons (Fsp3) is 0.180. The van der Waals surface area contributed by atoms with Gasteiger partial charge in [0.15, 0.2) is 0 Å². The first kappa shape index (κ1) is 40.6. The van der Waals surface area contributed by atoms with Gasteiger partial charge in [0.2, 0.25) is 11.8 Å². The fourth-order valence-corrected chi connectivity index (χ4v) is 10.8. The van der Waals surface area contributed by atoms with Crippen molar-refractivity contribution in [1.29, 1.82) is 0 Å². The van der Waals surface area contributed by atoms with Gasteiger partial charge < -0.3 is 17.7 Å². The number of nitrogens with zero attached hydrogens (tertiary/aromatic N) is 2. The molecule has 7 heteroatoms. The summed E-state index contributed by atoms with van der Waals surface area (Å²) in [5, 5.41) is 4.42. The Morgan fingerprint density at radius 3 is 1.28 bits per heavy atom. The van der Waals surface area contributed by atoms with E-state index >= 15 is 0 Å². The molecule has 68 heavy (non-hydrogen) atoms. The number of benzene rings is 7. The van der Waals surface area contributed by atoms with Gasteiger partial charge >= 0.3 is 0 Å². The van der Waals surface area contributed by atoms with Crippen molar-refractivity contribution in [3.8, 4) is 22.3 Å². The van der Waals surface area contributed by atoms with Crippen LogP contribution in [0.3, 0.4) is 0 Å². The lowest BCUT2D eigenvalue weighted by Crippen LogP contribution is -2.60. The zero-order valence-electron chi connectivity index (χ0n) is 39.7. The van der Waals surface area contributed by atoms with E-state index in [-0.39, 0.29) is 23.5 Å². The van der Waals surface area contributed by atoms with Crippen LogP contribution < -0.4 is 26.2 Å². The van der Waals surface area contributed by atoms with Crippen molar-refractivity contribution in [2.75, 3.05) is 9.80 Å². The summed E-state index contributed by atoms with van der Waals surface area (Å²) in [5.41, 5.74) is 19.1. The first-order valence-electron chi connectivity index (χ1n) is 23.9. The van der Waals surface area contributed by atoms with Crippen LogP contribution in [-0.2, 0) is 10.8 Å². The third kappa shape index (κ3) is 6.04. The molecule has 6 heterocycles. The van der Waals surface area contributed by atoms with Crippen molar-refractivity contribution >= 4 is 101 Å². The average molecular weight is 887 g/mol. The Hall–Kier alpha value is -7.64. The second kappa shape index (κ2) is 14.4. The predicted octanol–water partition coefficient (Wildman–Crippen LogP) is 15.8. The number of anilines is 6. The van der Waals surface area contributed by atoms with Crippen LogP contribution in [0, 0.1) is 0 Å². The summed E-state index contributed by atoms with van der Waals surface area (Å²) in [5.74, 6) is 1.88. The van der Waals surface area contributed by atoms with Crippen LogP contribution in [0.25, 0.3) is 66.1 Å². The van der Waals surface area contributed by atoms with Crippen LogP contribution >= 0.6 is 0 Å². The van der Waals surface area contributed by atoms with Crippen LogP contribution in [0.1, 0.15) is 78.0 Å². The van der Waals surface area contributed by atoms with Crippen LogP contribution in [0.2, 0.25) is 0 Å². The minimum absolute atomic E-state index is 0.0810. The first-order chi connectivity index (χ1) is 32.8. The number of rotatable bonds is 5. The maximum absolute atomic E-state index is 7.27. The van der Waals surface area contributed by atoms with Crippen molar-refractivity contribution in [2.24, 2.45) is 0 Å². The van der Waals surface area contributed by atoms with Crippen molar-refractivity contribution < 1.29 is 17.7 Å². The Labute approximate surface area is 396 Å². The standard InChI is InChI=1S/C61H51BN2O4/c1-35(2)38-29-49-57-50(30-38)64(42-25-19-37(20-26-42)48-34-66-52-16-12-10-14-44(48)52)59-56(46-32-40(61(6,7)8)22-28-54(46)68-59)62(57)55-45-31-39(60(3,4)5)21-27-53(45)67-58(55)63(49)41-23-17-36(18-24-41)47-33-65-51-15-11-9-13-43(47)51/h9-35H,1-8H3. The Morgan fingerprint density at radius 2 is 0.868 bits per heavy atom. The molecule has 0 fully saturated rings. The third-order valence-electron chi connectivity index (χ3n) is 14.6. The molecule has 4 aromatic heterocycles. The molecule has 2 aliphatic heterocycles. The summed E-state index contributed by atoms with van der Waals surface area (Å²) in [6.07, 6.45) is 3.74. The molecule has 7 aromatic carbocycles. The van der Waals surface area contributed by atoms with Gasteiger partial charge in [-0.3, -0.25) is 9.80 Å². The highest BCUT2D eigenvalue weighted by atomic mass is 16.4. The van der Waals surface area contributed by atoms with Gasteiger partial charge in [-0.05, 0) is 123 Å². The molecule has 0 amide bonds. The second-order valence-corrected chi connectivity index (χ2v) is 21.2. The summed E-state index contributed by atoms with van der Waals surface area (Å²) in [6.45, 7) is 18.1. The van der Waals surface area contributed by atoms with Gasteiger partial charge in [0.25, 0.3) is 6.71 Å². The molecule has 11 aromatic rings. The molecule has 0 N–H and O–H groups in total. The Kier molecular flexibility index (Phi) is 8.62. The van der Waals surface area contributed by atoms with Crippen LogP contribution in [-0.4, -0.2) is 6.71 Å². The lowest BCUT2D eigenvalue weighted by Gasteiger charge is -2.41. The zero-order chi connectivity index (χ0) is 46.4. The molecular formula is C61H51BN2O4. The van der Waals surface area contributed by atoms with Gasteiger partial charge in [0, 0.05) is 66.3 Å². The quantitative estimate of drug-likeness (QED) is 0.161. The van der Waals surface area contributed by atoms with Gasteiger partial charge in [-0.1, -0.05) is 128 Å². The first-order valence-corrected chi connectivity index (χ1v) is 23.9. The molecule has 0 bridgehead atoms. The van der Waals surface area contributed by atoms with Gasteiger partial charge in [-0.25, -0.2) is 0 Å². The summed E-state index contributed by atoms with van der Waals surface area (Å²) in [6, 6.07) is 52.6. The number of furan rings is 4. The van der Waals surface area contributed by atoms with Gasteiger partial charge in [-0.2, -0.15) is 0 Å². The minimum atomic E-state index is -0.209. The van der Waals surface area contributed by atoms with Gasteiger partial charge in [0.05, 0.1) is 12.5 Å². The molecule has 0 aliphatic carbocycles. The topological polar surface area (TPSA) is 59.0 Å². The molecule has 0 saturated carbocycles. The fourth-order valence-electron chi connectivity index (χ4n) is 10.8. The summed E-state index contributed by atoms with van der Waals surface area (Å²) < 4.78 is 26.6. The lowest BCUT2D eigenvalue weighted by molar-refractivity contribution is 0.589. The van der Waals surface area contributed by atoms with E-state index in [0.717, 1.165) is 112 Å². The van der Waals surface area contributed by atoms with Crippen molar-refractivity contribution in [2.45, 2.75) is 72.1 Å². The maximum atomic E-state index is 7.27. The van der Waals surface area contributed by atoms with E-state index in [9.17, 15) is 0 Å². The third-order valence-corrected chi connectivity index (χ3v) is 14.6. The lowest BCUT2D eigenvalue weighted by atomic mass is 9.33. The van der Waals surface area contributed by atoms with E-state index in [1.165, 1.54) is 22.2 Å². The summed E-state index contributed by atoms with van der Waals surface area (Å²) in [4.78, 5) is 4.76. The largest absolute Gasteiger partial charge is 0.464 e. The summed E-state index contributed by atoms with van der Waals surface area (Å²) in [7, 11) is 0. The normalized spacial score (nSPS) is 13.6. The van der Waals surface area contributed by atoms with E-state index in [2.05, 4.69) is 187 Å². The Morgan fingerprint density at radius 1 is 0.441 bits per heavy atom. The van der Waals surface area contributed by atoms with Gasteiger partial charge in [0.1, 0.15) is 22.3 Å². The van der Waals surface area contributed by atoms with Gasteiger partial charge in [-0.15, -0.1) is 0 Å². The van der Waals surface area contributed by atoms with E-state index in [1.807, 2.05) is 36.8 Å². The van der Waals surface area contributed by atoms with Crippen molar-refractivity contribution in [3.05, 3.63) is 175 Å². The van der Waals surface area contributed by atoms with E-state index in [0.29, 0.717) is 0 Å². The molecule has 0 spiro atoms. The molecule has 332 valence electrons. The zero-order valence-corrected chi connectivity index (χ0v) is 39.7. The van der Waals surface area contributed by atoms with Crippen molar-refractivity contribution in [1.82, 2.24) is 0 Å². The molecular weight excluding hydrogens is 835 g/mol. The molecule has 0 unspecified atom stereocenters. The maximum Gasteiger partial charge on any atom is 0.262 e. The molecule has 0 atom stereocenters. The van der Waals surface area contributed by atoms with E-state index in [1.54, 1.807) is 0 Å². The van der Waals surface area contributed by atoms with Crippen molar-refractivity contribution in [3.63, 3.8) is 0 Å². The molecule has 0 saturated heterocycles. The average Bonchev–Trinajstić information content (AvgIpc) is 4.14. The highest BCUT2D eigenvalue weighted by Gasteiger charge is 2.49. The molecule has 0 radical (unpaired) electrons. The van der Waals surface area contributed by atoms with E-state index in [4.69, 9.17) is 17.7 Å². The number of fused-ring (bicyclic) bond motifs is 10. The monoisotopic (exact) mass is 886 g/mol. The minimum Gasteiger partial charge on any atom is -0.464 e. The molecule has 13 rings (SSSR count). The number of para-hydroxylation sites is 2. The van der Waals surface area contributed by atoms with Crippen LogP contribution in [0.5, 0.6) is 0 Å². The SMILES string of the molecule is CC(C)c1cc2c3c(c1)N(c1ccc(-c4coc5ccccc45)cc1)c1oc4ccc(C(C)(C)C)cc4c1B3c1c(oc3ccc(C(C)(C)C)cc13)N2c1ccc(-c2coc3ccccc23)cc1. The second-order valence-electron chi connectivity index (χ2n) is 21.2. The number of hydrogen-bond acceptors (Lipinski definition) is 6.